The summed E-state index contributed by atoms with van der Waals surface area (Å²) < 4.78 is 45.8. The van der Waals surface area contributed by atoms with Gasteiger partial charge in [-0.25, -0.2) is 15.4 Å². The Morgan fingerprint density at radius 1 is 1.12 bits per heavy atom. The molecule has 0 aliphatic carbocycles. The molecule has 0 saturated heterocycles. The first-order chi connectivity index (χ1) is 11.9. The van der Waals surface area contributed by atoms with E-state index in [0.29, 0.717) is 22.4 Å². The van der Waals surface area contributed by atoms with Gasteiger partial charge in [0.2, 0.25) is 5.88 Å². The lowest BCUT2D eigenvalue weighted by molar-refractivity contribution is -0.274. The first-order valence-corrected chi connectivity index (χ1v) is 8.18. The van der Waals surface area contributed by atoms with Gasteiger partial charge in [0.15, 0.2) is 10.9 Å². The van der Waals surface area contributed by atoms with Gasteiger partial charge in [0.25, 0.3) is 0 Å². The van der Waals surface area contributed by atoms with Crippen LogP contribution in [0.5, 0.6) is 11.5 Å². The SMILES string of the molecule is CSc1ncc(OC2=CC(c3ccc(OC(F)(F)F)cc3)ON2)cn1. The lowest BCUT2D eigenvalue weighted by atomic mass is 10.1. The zero-order valence-corrected chi connectivity index (χ0v) is 13.6. The minimum absolute atomic E-state index is 0.298. The van der Waals surface area contributed by atoms with Crippen molar-refractivity contribution < 1.29 is 27.5 Å². The Morgan fingerprint density at radius 3 is 2.40 bits per heavy atom. The van der Waals surface area contributed by atoms with Crippen LogP contribution in [0.1, 0.15) is 11.7 Å². The van der Waals surface area contributed by atoms with Gasteiger partial charge in [-0.05, 0) is 24.0 Å². The summed E-state index contributed by atoms with van der Waals surface area (Å²) in [4.78, 5) is 13.5. The molecule has 25 heavy (non-hydrogen) atoms. The lowest BCUT2D eigenvalue weighted by Gasteiger charge is -2.11. The highest BCUT2D eigenvalue weighted by Crippen LogP contribution is 2.28. The molecule has 1 aromatic heterocycles. The van der Waals surface area contributed by atoms with Crippen LogP contribution in [-0.2, 0) is 4.84 Å². The van der Waals surface area contributed by atoms with Crippen molar-refractivity contribution in [3.8, 4) is 11.5 Å². The van der Waals surface area contributed by atoms with Crippen molar-refractivity contribution in [2.24, 2.45) is 0 Å². The summed E-state index contributed by atoms with van der Waals surface area (Å²) in [5, 5.41) is 0.621. The number of benzene rings is 1. The number of hydrogen-bond donors (Lipinski definition) is 1. The molecule has 0 saturated carbocycles. The van der Waals surface area contributed by atoms with Gasteiger partial charge in [-0.3, -0.25) is 4.84 Å². The van der Waals surface area contributed by atoms with Gasteiger partial charge in [-0.1, -0.05) is 23.9 Å². The number of aromatic nitrogens is 2. The number of hydroxylamine groups is 1. The van der Waals surface area contributed by atoms with Crippen molar-refractivity contribution in [2.45, 2.75) is 17.6 Å². The topological polar surface area (TPSA) is 65.5 Å². The third kappa shape index (κ3) is 4.77. The van der Waals surface area contributed by atoms with E-state index in [-0.39, 0.29) is 5.75 Å². The van der Waals surface area contributed by atoms with Gasteiger partial charge in [0.05, 0.1) is 12.4 Å². The highest BCUT2D eigenvalue weighted by atomic mass is 32.2. The van der Waals surface area contributed by atoms with Crippen molar-refractivity contribution in [3.05, 3.63) is 54.2 Å². The molecule has 0 spiro atoms. The van der Waals surface area contributed by atoms with Crippen molar-refractivity contribution in [1.29, 1.82) is 0 Å². The predicted molar refractivity (Wildman–Crippen MR) is 82.6 cm³/mol. The zero-order chi connectivity index (χ0) is 17.9. The Bertz CT molecular complexity index is 751. The van der Waals surface area contributed by atoms with Crippen LogP contribution in [0.15, 0.2) is 53.8 Å². The monoisotopic (exact) mass is 371 g/mol. The first kappa shape index (κ1) is 17.4. The minimum atomic E-state index is -4.72. The summed E-state index contributed by atoms with van der Waals surface area (Å²) >= 11 is 1.41. The molecule has 0 radical (unpaired) electrons. The number of hydrogen-bond acceptors (Lipinski definition) is 7. The minimum Gasteiger partial charge on any atom is -0.436 e. The fourth-order valence-electron chi connectivity index (χ4n) is 1.99. The molecule has 2 heterocycles. The van der Waals surface area contributed by atoms with Crippen molar-refractivity contribution in [1.82, 2.24) is 15.4 Å². The quantitative estimate of drug-likeness (QED) is 0.636. The number of thioether (sulfide) groups is 1. The maximum absolute atomic E-state index is 12.2. The Balaban J connectivity index is 1.64. The lowest BCUT2D eigenvalue weighted by Crippen LogP contribution is -2.17. The molecule has 132 valence electrons. The second kappa shape index (κ2) is 7.19. The fourth-order valence-corrected chi connectivity index (χ4v) is 2.31. The van der Waals surface area contributed by atoms with Crippen molar-refractivity contribution >= 4 is 11.8 Å². The molecule has 2 aromatic rings. The summed E-state index contributed by atoms with van der Waals surface area (Å²) in [7, 11) is 0. The Morgan fingerprint density at radius 2 is 1.80 bits per heavy atom. The summed E-state index contributed by atoms with van der Waals surface area (Å²) in [6, 6.07) is 5.38. The van der Waals surface area contributed by atoms with E-state index >= 15 is 0 Å². The molecule has 1 aliphatic rings. The van der Waals surface area contributed by atoms with E-state index in [4.69, 9.17) is 9.57 Å². The zero-order valence-electron chi connectivity index (χ0n) is 12.8. The molecular weight excluding hydrogens is 359 g/mol. The molecule has 1 aromatic carbocycles. The van der Waals surface area contributed by atoms with E-state index in [1.165, 1.54) is 48.4 Å². The summed E-state index contributed by atoms with van der Waals surface area (Å²) in [5.41, 5.74) is 3.24. The molecule has 0 amide bonds. The number of nitrogens with zero attached hydrogens (tertiary/aromatic N) is 2. The molecule has 0 bridgehead atoms. The molecule has 6 nitrogen and oxygen atoms in total. The number of alkyl halides is 3. The van der Waals surface area contributed by atoms with Crippen molar-refractivity contribution in [2.75, 3.05) is 6.26 Å². The number of rotatable bonds is 5. The maximum Gasteiger partial charge on any atom is 0.573 e. The second-order valence-corrected chi connectivity index (χ2v) is 5.57. The molecular formula is C15H12F3N3O3S. The first-order valence-electron chi connectivity index (χ1n) is 6.96. The van der Waals surface area contributed by atoms with Crippen LogP contribution in [0.2, 0.25) is 0 Å². The normalized spacial score (nSPS) is 17.0. The molecule has 1 unspecified atom stereocenters. The second-order valence-electron chi connectivity index (χ2n) is 4.80. The van der Waals surface area contributed by atoms with Crippen LogP contribution < -0.4 is 15.0 Å². The van der Waals surface area contributed by atoms with Crippen LogP contribution in [0.25, 0.3) is 0 Å². The predicted octanol–water partition coefficient (Wildman–Crippen LogP) is 3.59. The van der Waals surface area contributed by atoms with Crippen LogP contribution >= 0.6 is 11.8 Å². The molecule has 1 N–H and O–H groups in total. The van der Waals surface area contributed by atoms with Gasteiger partial charge in [0.1, 0.15) is 11.9 Å². The summed E-state index contributed by atoms with van der Waals surface area (Å²) in [6.45, 7) is 0. The van der Waals surface area contributed by atoms with Crippen LogP contribution in [-0.4, -0.2) is 22.6 Å². The number of nitrogens with one attached hydrogen (secondary N) is 1. The Hall–Kier alpha value is -2.46. The highest BCUT2D eigenvalue weighted by molar-refractivity contribution is 7.98. The Kier molecular flexibility index (Phi) is 5.00. The maximum atomic E-state index is 12.2. The third-order valence-corrected chi connectivity index (χ3v) is 3.62. The van der Waals surface area contributed by atoms with E-state index in [1.54, 1.807) is 6.08 Å². The average Bonchev–Trinajstić information content (AvgIpc) is 3.03. The van der Waals surface area contributed by atoms with Gasteiger partial charge in [-0.2, -0.15) is 0 Å². The molecule has 1 atom stereocenters. The summed E-state index contributed by atoms with van der Waals surface area (Å²) in [5.74, 6) is 0.463. The number of halogens is 3. The van der Waals surface area contributed by atoms with E-state index in [2.05, 4.69) is 20.2 Å². The van der Waals surface area contributed by atoms with Crippen LogP contribution in [0, 0.1) is 0 Å². The largest absolute Gasteiger partial charge is 0.573 e. The number of ether oxygens (including phenoxy) is 2. The van der Waals surface area contributed by atoms with E-state index in [9.17, 15) is 13.2 Å². The molecule has 10 heteroatoms. The fraction of sp³-hybridized carbons (Fsp3) is 0.200. The average molecular weight is 371 g/mol. The standard InChI is InChI=1S/C15H12F3N3O3S/c1-25-14-19-7-11(8-20-14)22-13-6-12(24-21-13)9-2-4-10(5-3-9)23-15(16,17)18/h2-8,12,21H,1H3. The molecule has 3 rings (SSSR count). The van der Waals surface area contributed by atoms with Gasteiger partial charge < -0.3 is 9.47 Å². The molecule has 0 fully saturated rings. The van der Waals surface area contributed by atoms with Crippen LogP contribution in [0.4, 0.5) is 13.2 Å². The van der Waals surface area contributed by atoms with E-state index < -0.39 is 12.5 Å². The third-order valence-electron chi connectivity index (χ3n) is 3.05. The van der Waals surface area contributed by atoms with Gasteiger partial charge in [0, 0.05) is 6.08 Å². The van der Waals surface area contributed by atoms with E-state index in [0.717, 1.165) is 0 Å². The van der Waals surface area contributed by atoms with Crippen molar-refractivity contribution in [3.63, 3.8) is 0 Å². The molecule has 1 aliphatic heterocycles. The van der Waals surface area contributed by atoms with Gasteiger partial charge in [-0.15, -0.1) is 13.2 Å². The summed E-state index contributed by atoms with van der Waals surface area (Å²) in [6.07, 6.45) is 1.32. The van der Waals surface area contributed by atoms with Crippen LogP contribution in [0.3, 0.4) is 0 Å². The van der Waals surface area contributed by atoms with E-state index in [1.807, 2.05) is 6.26 Å². The Labute approximate surface area is 145 Å². The smallest absolute Gasteiger partial charge is 0.436 e. The highest BCUT2D eigenvalue weighted by Gasteiger charge is 2.31. The van der Waals surface area contributed by atoms with Gasteiger partial charge >= 0.3 is 6.36 Å².